The quantitative estimate of drug-likeness (QED) is 0.694. The highest BCUT2D eigenvalue weighted by atomic mass is 16.6. The molecule has 2 atom stereocenters. The van der Waals surface area contributed by atoms with Gasteiger partial charge in [-0.3, -0.25) is 4.98 Å². The fourth-order valence-electron chi connectivity index (χ4n) is 1.33. The predicted molar refractivity (Wildman–Crippen MR) is 62.4 cm³/mol. The molecule has 2 fully saturated rings. The van der Waals surface area contributed by atoms with Crippen LogP contribution in [0.3, 0.4) is 0 Å². The molecule has 0 aliphatic carbocycles. The van der Waals surface area contributed by atoms with Gasteiger partial charge in [-0.25, -0.2) is 4.79 Å². The fraction of sp³-hybridized carbons (Fsp3) is 0.727. The maximum absolute atomic E-state index is 11.4. The largest absolute Gasteiger partial charge is 0.461 e. The van der Waals surface area contributed by atoms with E-state index in [9.17, 15) is 4.79 Å². The molecule has 0 aromatic carbocycles. The van der Waals surface area contributed by atoms with Crippen molar-refractivity contribution in [3.63, 3.8) is 0 Å². The number of hydrogen-bond donors (Lipinski definition) is 1. The van der Waals surface area contributed by atoms with Gasteiger partial charge in [-0.2, -0.15) is 0 Å². The molecule has 2 unspecified atom stereocenters. The Balaban J connectivity index is 1.63. The third-order valence-corrected chi connectivity index (χ3v) is 2.90. The molecule has 1 N–H and O–H groups in total. The van der Waals surface area contributed by atoms with Gasteiger partial charge < -0.3 is 18.9 Å². The normalized spacial score (nSPS) is 31.9. The minimum absolute atomic E-state index is 0.0163. The fourth-order valence-corrected chi connectivity index (χ4v) is 1.33. The van der Waals surface area contributed by atoms with Gasteiger partial charge in [0.15, 0.2) is 0 Å². The van der Waals surface area contributed by atoms with Gasteiger partial charge >= 0.3 is 17.7 Å². The van der Waals surface area contributed by atoms with Crippen molar-refractivity contribution in [1.82, 2.24) is 15.0 Å². The number of nitrogens with zero attached hydrogens (tertiary/aromatic N) is 2. The third-order valence-electron chi connectivity index (χ3n) is 2.90. The van der Waals surface area contributed by atoms with Gasteiger partial charge in [0.25, 0.3) is 0 Å². The second-order valence-electron chi connectivity index (χ2n) is 5.30. The van der Waals surface area contributed by atoms with E-state index in [1.54, 1.807) is 0 Å². The average molecular weight is 269 g/mol. The lowest BCUT2D eigenvalue weighted by molar-refractivity contribution is 0.174. The number of ether oxygens (including phenoxy) is 4. The van der Waals surface area contributed by atoms with Crippen molar-refractivity contribution in [3.8, 4) is 12.0 Å². The highest BCUT2D eigenvalue weighted by Gasteiger charge is 2.41. The zero-order valence-corrected chi connectivity index (χ0v) is 10.8. The first-order valence-electron chi connectivity index (χ1n) is 5.98. The van der Waals surface area contributed by atoms with Crippen molar-refractivity contribution < 1.29 is 18.9 Å². The maximum Gasteiger partial charge on any atom is 0.353 e. The molecule has 3 heterocycles. The molecule has 1 aromatic rings. The lowest BCUT2D eigenvalue weighted by atomic mass is 10.2. The van der Waals surface area contributed by atoms with Crippen LogP contribution >= 0.6 is 0 Å². The van der Waals surface area contributed by atoms with E-state index in [1.165, 1.54) is 0 Å². The van der Waals surface area contributed by atoms with Gasteiger partial charge in [-0.15, -0.1) is 9.97 Å². The minimum Gasteiger partial charge on any atom is -0.461 e. The Morgan fingerprint density at radius 1 is 1.16 bits per heavy atom. The lowest BCUT2D eigenvalue weighted by Crippen LogP contribution is -2.23. The summed E-state index contributed by atoms with van der Waals surface area (Å²) < 4.78 is 21.0. The van der Waals surface area contributed by atoms with Gasteiger partial charge in [0.2, 0.25) is 0 Å². The van der Waals surface area contributed by atoms with Crippen molar-refractivity contribution >= 4 is 0 Å². The number of nitrogens with one attached hydrogen (secondary N) is 1. The molecule has 2 saturated heterocycles. The van der Waals surface area contributed by atoms with Gasteiger partial charge in [0.1, 0.15) is 24.4 Å². The SMILES string of the molecule is CC1(COc2nc(OCC3(C)CO3)[nH]c(=O)n2)CO1. The zero-order chi connectivity index (χ0) is 13.5. The first-order chi connectivity index (χ1) is 8.96. The number of aromatic nitrogens is 3. The van der Waals surface area contributed by atoms with E-state index in [0.29, 0.717) is 26.4 Å². The molecule has 0 saturated carbocycles. The Morgan fingerprint density at radius 2 is 1.74 bits per heavy atom. The first kappa shape index (κ1) is 12.4. The van der Waals surface area contributed by atoms with E-state index in [1.807, 2.05) is 13.8 Å². The van der Waals surface area contributed by atoms with Crippen LogP contribution in [0.15, 0.2) is 4.79 Å². The smallest absolute Gasteiger partial charge is 0.353 e. The van der Waals surface area contributed by atoms with E-state index in [2.05, 4.69) is 15.0 Å². The van der Waals surface area contributed by atoms with E-state index < -0.39 is 5.69 Å². The third kappa shape index (κ3) is 3.21. The number of H-pyrrole nitrogens is 1. The van der Waals surface area contributed by atoms with Gasteiger partial charge in [-0.05, 0) is 13.8 Å². The maximum atomic E-state index is 11.4. The Morgan fingerprint density at radius 3 is 2.32 bits per heavy atom. The van der Waals surface area contributed by atoms with Gasteiger partial charge in [0.05, 0.1) is 13.2 Å². The monoisotopic (exact) mass is 269 g/mol. The molecule has 3 rings (SSSR count). The molecular formula is C11H15N3O5. The van der Waals surface area contributed by atoms with Crippen LogP contribution in [-0.4, -0.2) is 52.6 Å². The standard InChI is InChI=1S/C11H15N3O5/c1-10(5-18-10)3-16-8-12-7(15)13-9(14-8)17-4-11(2)6-19-11/h3-6H2,1-2H3,(H,12,13,14,15). The van der Waals surface area contributed by atoms with Crippen LogP contribution in [0.5, 0.6) is 12.0 Å². The van der Waals surface area contributed by atoms with Gasteiger partial charge in [-0.1, -0.05) is 0 Å². The molecule has 8 nitrogen and oxygen atoms in total. The van der Waals surface area contributed by atoms with E-state index in [4.69, 9.17) is 18.9 Å². The van der Waals surface area contributed by atoms with E-state index in [0.717, 1.165) is 0 Å². The van der Waals surface area contributed by atoms with Crippen LogP contribution in [0.2, 0.25) is 0 Å². The average Bonchev–Trinajstić information content (AvgIpc) is 3.26. The summed E-state index contributed by atoms with van der Waals surface area (Å²) in [6.45, 7) is 5.71. The zero-order valence-electron chi connectivity index (χ0n) is 10.8. The van der Waals surface area contributed by atoms with Crippen molar-refractivity contribution in [2.45, 2.75) is 25.0 Å². The van der Waals surface area contributed by atoms with E-state index in [-0.39, 0.29) is 23.2 Å². The summed E-state index contributed by atoms with van der Waals surface area (Å²) in [7, 11) is 0. The summed E-state index contributed by atoms with van der Waals surface area (Å²) >= 11 is 0. The summed E-state index contributed by atoms with van der Waals surface area (Å²) in [5, 5.41) is 0. The Bertz CT molecular complexity index is 492. The predicted octanol–water partition coefficient (Wildman–Crippen LogP) is -0.500. The van der Waals surface area contributed by atoms with Crippen molar-refractivity contribution in [2.75, 3.05) is 26.4 Å². The molecule has 0 amide bonds. The molecule has 2 aliphatic rings. The Labute approximate surface area is 109 Å². The topological polar surface area (TPSA) is 102 Å². The molecule has 0 bridgehead atoms. The van der Waals surface area contributed by atoms with Crippen molar-refractivity contribution in [2.24, 2.45) is 0 Å². The molecule has 2 aliphatic heterocycles. The number of rotatable bonds is 6. The lowest BCUT2D eigenvalue weighted by Gasteiger charge is -2.09. The molecule has 104 valence electrons. The summed E-state index contributed by atoms with van der Waals surface area (Å²) in [4.78, 5) is 21.3. The number of hydrogen-bond acceptors (Lipinski definition) is 7. The van der Waals surface area contributed by atoms with Crippen molar-refractivity contribution in [3.05, 3.63) is 10.5 Å². The van der Waals surface area contributed by atoms with Gasteiger partial charge in [0, 0.05) is 0 Å². The Kier molecular flexibility index (Phi) is 2.72. The van der Waals surface area contributed by atoms with Crippen LogP contribution in [0.1, 0.15) is 13.8 Å². The van der Waals surface area contributed by atoms with Crippen LogP contribution in [0.4, 0.5) is 0 Å². The van der Waals surface area contributed by atoms with E-state index >= 15 is 0 Å². The number of epoxide rings is 2. The molecule has 8 heteroatoms. The highest BCUT2D eigenvalue weighted by molar-refractivity contribution is 5.02. The van der Waals surface area contributed by atoms with Crippen LogP contribution < -0.4 is 15.2 Å². The summed E-state index contributed by atoms with van der Waals surface area (Å²) in [5.74, 6) is 0. The second kappa shape index (κ2) is 4.17. The minimum atomic E-state index is -0.566. The summed E-state index contributed by atoms with van der Waals surface area (Å²) in [6, 6.07) is 0.0611. The summed E-state index contributed by atoms with van der Waals surface area (Å²) in [5.41, 5.74) is -1.13. The van der Waals surface area contributed by atoms with Crippen LogP contribution in [0.25, 0.3) is 0 Å². The molecule has 1 aromatic heterocycles. The van der Waals surface area contributed by atoms with Crippen LogP contribution in [-0.2, 0) is 9.47 Å². The van der Waals surface area contributed by atoms with Crippen molar-refractivity contribution in [1.29, 1.82) is 0 Å². The molecule has 0 radical (unpaired) electrons. The molecular weight excluding hydrogens is 254 g/mol. The first-order valence-corrected chi connectivity index (χ1v) is 5.98. The number of aromatic amines is 1. The summed E-state index contributed by atoms with van der Waals surface area (Å²) in [6.07, 6.45) is 0. The van der Waals surface area contributed by atoms with Crippen LogP contribution in [0, 0.1) is 0 Å². The highest BCUT2D eigenvalue weighted by Crippen LogP contribution is 2.27. The molecule has 19 heavy (non-hydrogen) atoms. The molecule has 0 spiro atoms. The second-order valence-corrected chi connectivity index (χ2v) is 5.30. The Hall–Kier alpha value is -1.67.